The Morgan fingerprint density at radius 3 is 2.44 bits per heavy atom. The molecule has 0 amide bonds. The highest BCUT2D eigenvalue weighted by atomic mass is 15.0. The highest BCUT2D eigenvalue weighted by Crippen LogP contribution is 2.41. The maximum absolute atomic E-state index is 5.81. The Morgan fingerprint density at radius 2 is 1.69 bits per heavy atom. The second-order valence-corrected chi connectivity index (χ2v) is 5.22. The lowest BCUT2D eigenvalue weighted by atomic mass is 9.86. The van der Waals surface area contributed by atoms with Gasteiger partial charge in [0.25, 0.3) is 0 Å². The number of benzene rings is 1. The van der Waals surface area contributed by atoms with Crippen molar-refractivity contribution in [3.05, 3.63) is 18.2 Å². The van der Waals surface area contributed by atoms with Gasteiger partial charge in [-0.2, -0.15) is 0 Å². The Kier molecular flexibility index (Phi) is 2.20. The highest BCUT2D eigenvalue weighted by Gasteiger charge is 2.35. The predicted molar refractivity (Wildman–Crippen MR) is 68.7 cm³/mol. The van der Waals surface area contributed by atoms with Gasteiger partial charge in [-0.05, 0) is 31.0 Å². The number of rotatable bonds is 0. The summed E-state index contributed by atoms with van der Waals surface area (Å²) in [4.78, 5) is 0. The molecule has 0 atom stereocenters. The van der Waals surface area contributed by atoms with Gasteiger partial charge < -0.3 is 16.4 Å². The van der Waals surface area contributed by atoms with Crippen molar-refractivity contribution < 1.29 is 0 Å². The summed E-state index contributed by atoms with van der Waals surface area (Å²) in [7, 11) is 0. The van der Waals surface area contributed by atoms with Crippen LogP contribution in [0.15, 0.2) is 18.2 Å². The molecule has 0 unspecified atom stereocenters. The lowest BCUT2D eigenvalue weighted by molar-refractivity contribution is 0.346. The maximum atomic E-state index is 5.81. The summed E-state index contributed by atoms with van der Waals surface area (Å²) in [5.74, 6) is 0. The molecule has 3 rings (SSSR count). The molecule has 0 aromatic heterocycles. The van der Waals surface area contributed by atoms with Crippen molar-refractivity contribution in [3.63, 3.8) is 0 Å². The first-order chi connectivity index (χ1) is 7.77. The fraction of sp³-hybridized carbons (Fsp3) is 0.538. The van der Waals surface area contributed by atoms with Crippen LogP contribution in [0.1, 0.15) is 25.7 Å². The van der Waals surface area contributed by atoms with Crippen molar-refractivity contribution in [3.8, 4) is 0 Å². The van der Waals surface area contributed by atoms with E-state index in [4.69, 9.17) is 5.73 Å². The molecule has 1 aliphatic heterocycles. The topological polar surface area (TPSA) is 50.1 Å². The van der Waals surface area contributed by atoms with E-state index in [-0.39, 0.29) is 0 Å². The Morgan fingerprint density at radius 1 is 1.00 bits per heavy atom. The van der Waals surface area contributed by atoms with E-state index in [0.29, 0.717) is 5.41 Å². The molecule has 1 aromatic carbocycles. The van der Waals surface area contributed by atoms with Gasteiger partial charge in [-0.1, -0.05) is 12.8 Å². The quantitative estimate of drug-likeness (QED) is 0.586. The van der Waals surface area contributed by atoms with Crippen LogP contribution in [-0.2, 0) is 0 Å². The third kappa shape index (κ3) is 1.60. The van der Waals surface area contributed by atoms with Gasteiger partial charge in [-0.3, -0.25) is 0 Å². The number of hydrogen-bond donors (Lipinski definition) is 3. The summed E-state index contributed by atoms with van der Waals surface area (Å²) in [6, 6.07) is 6.06. The van der Waals surface area contributed by atoms with E-state index in [1.165, 1.54) is 31.4 Å². The van der Waals surface area contributed by atoms with Crippen LogP contribution in [-0.4, -0.2) is 13.1 Å². The zero-order chi connectivity index (χ0) is 11.0. The van der Waals surface area contributed by atoms with Gasteiger partial charge >= 0.3 is 0 Å². The summed E-state index contributed by atoms with van der Waals surface area (Å²) in [6.45, 7) is 2.17. The lowest BCUT2D eigenvalue weighted by Crippen LogP contribution is -2.31. The normalized spacial score (nSPS) is 22.0. The van der Waals surface area contributed by atoms with Gasteiger partial charge in [0.05, 0.1) is 11.4 Å². The second kappa shape index (κ2) is 3.58. The first-order valence-corrected chi connectivity index (χ1v) is 6.15. The molecule has 0 radical (unpaired) electrons. The minimum Gasteiger partial charge on any atom is -0.399 e. The number of nitrogen functional groups attached to an aromatic ring is 1. The van der Waals surface area contributed by atoms with E-state index in [9.17, 15) is 0 Å². The molecular weight excluding hydrogens is 198 g/mol. The summed E-state index contributed by atoms with van der Waals surface area (Å²) in [5.41, 5.74) is 9.45. The molecule has 86 valence electrons. The van der Waals surface area contributed by atoms with Crippen LogP contribution in [0, 0.1) is 5.41 Å². The van der Waals surface area contributed by atoms with Crippen LogP contribution in [0.4, 0.5) is 17.1 Å². The monoisotopic (exact) mass is 217 g/mol. The fourth-order valence-electron chi connectivity index (χ4n) is 2.97. The lowest BCUT2D eigenvalue weighted by Gasteiger charge is -2.26. The average molecular weight is 217 g/mol. The van der Waals surface area contributed by atoms with Gasteiger partial charge in [-0.15, -0.1) is 0 Å². The van der Waals surface area contributed by atoms with Crippen molar-refractivity contribution in [2.24, 2.45) is 5.41 Å². The van der Waals surface area contributed by atoms with Crippen LogP contribution in [0.3, 0.4) is 0 Å². The highest BCUT2D eigenvalue weighted by molar-refractivity contribution is 5.73. The molecule has 16 heavy (non-hydrogen) atoms. The molecule has 1 spiro atoms. The molecule has 1 fully saturated rings. The molecule has 1 saturated carbocycles. The third-order valence-electron chi connectivity index (χ3n) is 4.02. The largest absolute Gasteiger partial charge is 0.399 e. The molecule has 1 aromatic rings. The van der Waals surface area contributed by atoms with Gasteiger partial charge in [0.1, 0.15) is 0 Å². The van der Waals surface area contributed by atoms with Gasteiger partial charge in [0.15, 0.2) is 0 Å². The molecule has 1 aliphatic carbocycles. The first-order valence-electron chi connectivity index (χ1n) is 6.15. The minimum absolute atomic E-state index is 0.466. The Labute approximate surface area is 96.4 Å². The Bertz CT molecular complexity index is 394. The first kappa shape index (κ1) is 9.82. The van der Waals surface area contributed by atoms with Crippen molar-refractivity contribution in [1.29, 1.82) is 0 Å². The number of nitrogens with two attached hydrogens (primary N) is 1. The van der Waals surface area contributed by atoms with E-state index in [1.54, 1.807) is 0 Å². The molecular formula is C13H19N3. The van der Waals surface area contributed by atoms with Crippen molar-refractivity contribution in [2.75, 3.05) is 29.5 Å². The van der Waals surface area contributed by atoms with Gasteiger partial charge in [0, 0.05) is 24.2 Å². The van der Waals surface area contributed by atoms with Crippen LogP contribution in [0.2, 0.25) is 0 Å². The van der Waals surface area contributed by atoms with E-state index in [2.05, 4.69) is 16.7 Å². The minimum atomic E-state index is 0.466. The molecule has 1 heterocycles. The van der Waals surface area contributed by atoms with Crippen molar-refractivity contribution >= 4 is 17.1 Å². The maximum Gasteiger partial charge on any atom is 0.0596 e. The van der Waals surface area contributed by atoms with Crippen LogP contribution < -0.4 is 16.4 Å². The zero-order valence-electron chi connectivity index (χ0n) is 9.55. The van der Waals surface area contributed by atoms with E-state index in [1.807, 2.05) is 12.1 Å². The number of nitrogens with one attached hydrogen (secondary N) is 2. The molecule has 3 heteroatoms. The van der Waals surface area contributed by atoms with Crippen molar-refractivity contribution in [1.82, 2.24) is 0 Å². The fourth-order valence-corrected chi connectivity index (χ4v) is 2.97. The van der Waals surface area contributed by atoms with E-state index in [0.717, 1.165) is 24.5 Å². The average Bonchev–Trinajstić information content (AvgIpc) is 2.66. The number of hydrogen-bond acceptors (Lipinski definition) is 3. The Balaban J connectivity index is 1.86. The summed E-state index contributed by atoms with van der Waals surface area (Å²) >= 11 is 0. The molecule has 3 nitrogen and oxygen atoms in total. The standard InChI is InChI=1S/C13H19N3/c14-10-3-4-11-12(7-10)16-9-13(8-15-11)5-1-2-6-13/h3-4,7,15-16H,1-2,5-6,8-9,14H2. The second-order valence-electron chi connectivity index (χ2n) is 5.22. The van der Waals surface area contributed by atoms with Crippen LogP contribution >= 0.6 is 0 Å². The predicted octanol–water partition coefficient (Wildman–Crippen LogP) is 2.67. The zero-order valence-corrected chi connectivity index (χ0v) is 9.55. The van der Waals surface area contributed by atoms with Crippen LogP contribution in [0.5, 0.6) is 0 Å². The molecule has 4 N–H and O–H groups in total. The smallest absolute Gasteiger partial charge is 0.0596 e. The summed E-state index contributed by atoms with van der Waals surface area (Å²) in [5, 5.41) is 7.12. The van der Waals surface area contributed by atoms with Gasteiger partial charge in [0.2, 0.25) is 0 Å². The van der Waals surface area contributed by atoms with Gasteiger partial charge in [-0.25, -0.2) is 0 Å². The number of fused-ring (bicyclic) bond motifs is 1. The van der Waals surface area contributed by atoms with Crippen LogP contribution in [0.25, 0.3) is 0 Å². The van der Waals surface area contributed by atoms with E-state index >= 15 is 0 Å². The number of anilines is 3. The molecule has 0 bridgehead atoms. The van der Waals surface area contributed by atoms with E-state index < -0.39 is 0 Å². The molecule has 0 saturated heterocycles. The summed E-state index contributed by atoms with van der Waals surface area (Å²) < 4.78 is 0. The Hall–Kier alpha value is -1.38. The summed E-state index contributed by atoms with van der Waals surface area (Å²) in [6.07, 6.45) is 5.44. The molecule has 2 aliphatic rings. The van der Waals surface area contributed by atoms with Crippen molar-refractivity contribution in [2.45, 2.75) is 25.7 Å². The SMILES string of the molecule is Nc1ccc2c(c1)NCC1(CCCC1)CN2. The third-order valence-corrected chi connectivity index (χ3v) is 4.02.